The average molecular weight is 173 g/mol. The van der Waals surface area contributed by atoms with E-state index < -0.39 is 19.0 Å². The third kappa shape index (κ3) is 1.90. The van der Waals surface area contributed by atoms with Crippen molar-refractivity contribution in [3.8, 4) is 0 Å². The molecule has 0 aromatic carbocycles. The van der Waals surface area contributed by atoms with Gasteiger partial charge >= 0.3 is 0 Å². The van der Waals surface area contributed by atoms with Crippen molar-refractivity contribution >= 4 is 5.91 Å². The number of alkyl halides is 2. The summed E-state index contributed by atoms with van der Waals surface area (Å²) in [5, 5.41) is 0. The molecule has 1 amide bonds. The molecule has 0 N–H and O–H groups in total. The minimum Gasteiger partial charge on any atom is -0.327 e. The number of rotatable bonds is 2. The van der Waals surface area contributed by atoms with Crippen LogP contribution in [0.1, 0.15) is 0 Å². The van der Waals surface area contributed by atoms with Gasteiger partial charge in [-0.2, -0.15) is 0 Å². The zero-order valence-electron chi connectivity index (χ0n) is 6.46. The first-order chi connectivity index (χ1) is 5.55. The molecule has 0 saturated carbocycles. The third-order valence-electron chi connectivity index (χ3n) is 1.53. The van der Waals surface area contributed by atoms with Crippen LogP contribution in [0.5, 0.6) is 0 Å². The lowest BCUT2D eigenvalue weighted by atomic mass is 10.1. The molecule has 0 aromatic heterocycles. The van der Waals surface area contributed by atoms with E-state index in [4.69, 9.17) is 0 Å². The lowest BCUT2D eigenvalue weighted by molar-refractivity contribution is -0.160. The van der Waals surface area contributed by atoms with Crippen molar-refractivity contribution in [3.63, 3.8) is 0 Å². The van der Waals surface area contributed by atoms with Crippen molar-refractivity contribution in [1.82, 2.24) is 4.90 Å². The number of likely N-dealkylation sites (tertiary alicyclic amines) is 1. The molecule has 1 aliphatic heterocycles. The third-order valence-corrected chi connectivity index (χ3v) is 1.53. The molecule has 0 atom stereocenters. The van der Waals surface area contributed by atoms with Gasteiger partial charge in [-0.3, -0.25) is 4.79 Å². The molecule has 0 aliphatic carbocycles. The van der Waals surface area contributed by atoms with Gasteiger partial charge in [0.2, 0.25) is 5.91 Å². The van der Waals surface area contributed by atoms with Gasteiger partial charge in [0.1, 0.15) is 0 Å². The van der Waals surface area contributed by atoms with Gasteiger partial charge in [0.25, 0.3) is 5.92 Å². The van der Waals surface area contributed by atoms with Crippen molar-refractivity contribution in [2.24, 2.45) is 0 Å². The molecule has 0 spiro atoms. The SMILES string of the molecule is C=C/C=C/C(=O)N1CC(F)(F)C1. The van der Waals surface area contributed by atoms with Crippen LogP contribution in [-0.4, -0.2) is 29.8 Å². The number of allylic oxidation sites excluding steroid dienone is 2. The van der Waals surface area contributed by atoms with Crippen molar-refractivity contribution < 1.29 is 13.6 Å². The summed E-state index contributed by atoms with van der Waals surface area (Å²) >= 11 is 0. The van der Waals surface area contributed by atoms with Crippen LogP contribution in [-0.2, 0) is 4.79 Å². The maximum absolute atomic E-state index is 12.2. The largest absolute Gasteiger partial charge is 0.327 e. The number of carbonyl (C=O) groups is 1. The van der Waals surface area contributed by atoms with E-state index in [0.29, 0.717) is 0 Å². The Kier molecular flexibility index (Phi) is 2.26. The smallest absolute Gasteiger partial charge is 0.282 e. The van der Waals surface area contributed by atoms with Crippen LogP contribution in [0.3, 0.4) is 0 Å². The molecule has 0 aromatic rings. The van der Waals surface area contributed by atoms with Crippen LogP contribution < -0.4 is 0 Å². The quantitative estimate of drug-likeness (QED) is 0.454. The number of halogens is 2. The predicted molar refractivity (Wildman–Crippen MR) is 40.9 cm³/mol. The van der Waals surface area contributed by atoms with Crippen molar-refractivity contribution in [3.05, 3.63) is 24.8 Å². The minimum atomic E-state index is -2.68. The molecular formula is C8H9F2NO. The first kappa shape index (κ1) is 8.90. The second-order valence-electron chi connectivity index (χ2n) is 2.65. The lowest BCUT2D eigenvalue weighted by Crippen LogP contribution is -2.58. The molecule has 66 valence electrons. The van der Waals surface area contributed by atoms with E-state index in [2.05, 4.69) is 6.58 Å². The fourth-order valence-corrected chi connectivity index (χ4v) is 0.924. The monoisotopic (exact) mass is 173 g/mol. The fraction of sp³-hybridized carbons (Fsp3) is 0.375. The van der Waals surface area contributed by atoms with Crippen LogP contribution in [0.4, 0.5) is 8.78 Å². The highest BCUT2D eigenvalue weighted by Crippen LogP contribution is 2.26. The van der Waals surface area contributed by atoms with Gasteiger partial charge in [-0.15, -0.1) is 0 Å². The van der Waals surface area contributed by atoms with Crippen molar-refractivity contribution in [2.45, 2.75) is 5.92 Å². The molecule has 1 saturated heterocycles. The predicted octanol–water partition coefficient (Wildman–Crippen LogP) is 1.21. The highest BCUT2D eigenvalue weighted by molar-refractivity contribution is 5.88. The van der Waals surface area contributed by atoms with Gasteiger partial charge in [-0.25, -0.2) is 8.78 Å². The number of carbonyl (C=O) groups excluding carboxylic acids is 1. The summed E-state index contributed by atoms with van der Waals surface area (Å²) in [6.45, 7) is 2.43. The van der Waals surface area contributed by atoms with Gasteiger partial charge in [0.15, 0.2) is 0 Å². The van der Waals surface area contributed by atoms with Crippen LogP contribution in [0, 0.1) is 0 Å². The Hall–Kier alpha value is -1.19. The summed E-state index contributed by atoms with van der Waals surface area (Å²) in [6, 6.07) is 0. The first-order valence-corrected chi connectivity index (χ1v) is 3.51. The highest BCUT2D eigenvalue weighted by atomic mass is 19.3. The Balaban J connectivity index is 2.38. The molecule has 4 heteroatoms. The molecule has 2 nitrogen and oxygen atoms in total. The van der Waals surface area contributed by atoms with Crippen molar-refractivity contribution in [1.29, 1.82) is 0 Å². The van der Waals surface area contributed by atoms with Crippen LogP contribution in [0.2, 0.25) is 0 Å². The number of hydrogen-bond donors (Lipinski definition) is 0. The Morgan fingerprint density at radius 3 is 2.50 bits per heavy atom. The minimum absolute atomic E-state index is 0.388. The van der Waals surface area contributed by atoms with Gasteiger partial charge in [-0.1, -0.05) is 18.7 Å². The summed E-state index contributed by atoms with van der Waals surface area (Å²) in [7, 11) is 0. The summed E-state index contributed by atoms with van der Waals surface area (Å²) in [4.78, 5) is 12.0. The number of nitrogens with zero attached hydrogens (tertiary/aromatic N) is 1. The zero-order valence-corrected chi connectivity index (χ0v) is 6.46. The van der Waals surface area contributed by atoms with E-state index in [-0.39, 0.29) is 5.91 Å². The molecule has 0 bridgehead atoms. The molecule has 12 heavy (non-hydrogen) atoms. The second-order valence-corrected chi connectivity index (χ2v) is 2.65. The molecule has 1 aliphatic rings. The van der Waals surface area contributed by atoms with Gasteiger partial charge < -0.3 is 4.90 Å². The fourth-order valence-electron chi connectivity index (χ4n) is 0.924. The highest BCUT2D eigenvalue weighted by Gasteiger charge is 2.45. The molecule has 1 heterocycles. The average Bonchev–Trinajstić information content (AvgIpc) is 1.95. The van der Waals surface area contributed by atoms with Crippen LogP contribution >= 0.6 is 0 Å². The standard InChI is InChI=1S/C8H9F2NO/c1-2-3-4-7(12)11-5-8(9,10)6-11/h2-4H,1,5-6H2/b4-3+. The molecule has 1 fully saturated rings. The maximum Gasteiger partial charge on any atom is 0.282 e. The summed E-state index contributed by atoms with van der Waals surface area (Å²) in [6.07, 6.45) is 4.08. The van der Waals surface area contributed by atoms with Crippen LogP contribution in [0.25, 0.3) is 0 Å². The summed E-state index contributed by atoms with van der Waals surface area (Å²) in [5.41, 5.74) is 0. The van der Waals surface area contributed by atoms with E-state index in [1.54, 1.807) is 0 Å². The van der Waals surface area contributed by atoms with E-state index in [9.17, 15) is 13.6 Å². The molecule has 1 rings (SSSR count). The molecular weight excluding hydrogens is 164 g/mol. The topological polar surface area (TPSA) is 20.3 Å². The Morgan fingerprint density at radius 1 is 1.50 bits per heavy atom. The van der Waals surface area contributed by atoms with Gasteiger partial charge in [0.05, 0.1) is 13.1 Å². The van der Waals surface area contributed by atoms with E-state index in [1.165, 1.54) is 18.2 Å². The Morgan fingerprint density at radius 2 is 2.08 bits per heavy atom. The number of amides is 1. The Labute approximate surface area is 69.2 Å². The second kappa shape index (κ2) is 3.05. The number of hydrogen-bond acceptors (Lipinski definition) is 1. The van der Waals surface area contributed by atoms with E-state index in [0.717, 1.165) is 4.90 Å². The first-order valence-electron chi connectivity index (χ1n) is 3.51. The van der Waals surface area contributed by atoms with E-state index >= 15 is 0 Å². The van der Waals surface area contributed by atoms with E-state index in [1.807, 2.05) is 0 Å². The molecule has 0 radical (unpaired) electrons. The zero-order chi connectivity index (χ0) is 9.19. The summed E-state index contributed by atoms with van der Waals surface area (Å²) in [5.74, 6) is -3.07. The Bertz CT molecular complexity index is 227. The maximum atomic E-state index is 12.2. The lowest BCUT2D eigenvalue weighted by Gasteiger charge is -2.37. The molecule has 0 unspecified atom stereocenters. The summed E-state index contributed by atoms with van der Waals surface area (Å²) < 4.78 is 24.5. The van der Waals surface area contributed by atoms with Crippen molar-refractivity contribution in [2.75, 3.05) is 13.1 Å². The van der Waals surface area contributed by atoms with Gasteiger partial charge in [-0.05, 0) is 0 Å². The van der Waals surface area contributed by atoms with Crippen LogP contribution in [0.15, 0.2) is 24.8 Å². The normalized spacial score (nSPS) is 20.7. The van der Waals surface area contributed by atoms with Gasteiger partial charge in [0, 0.05) is 6.08 Å².